The van der Waals surface area contributed by atoms with Crippen LogP contribution in [0.4, 0.5) is 0 Å². The summed E-state index contributed by atoms with van der Waals surface area (Å²) in [4.78, 5) is 31.5. The van der Waals surface area contributed by atoms with Gasteiger partial charge in [-0.1, -0.05) is 30.3 Å². The van der Waals surface area contributed by atoms with Crippen molar-refractivity contribution >= 4 is 22.3 Å². The number of carbonyl (C=O) groups is 1. The fraction of sp³-hybridized carbons (Fsp3) is 0.185. The molecule has 0 unspecified atom stereocenters. The third-order valence-electron chi connectivity index (χ3n) is 6.23. The summed E-state index contributed by atoms with van der Waals surface area (Å²) in [6, 6.07) is 18.7. The Morgan fingerprint density at radius 2 is 1.71 bits per heavy atom. The number of benzene rings is 3. The van der Waals surface area contributed by atoms with Gasteiger partial charge in [-0.25, -0.2) is 9.78 Å². The maximum absolute atomic E-state index is 13.5. The minimum Gasteiger partial charge on any atom is -0.497 e. The second-order valence-corrected chi connectivity index (χ2v) is 8.46. The van der Waals surface area contributed by atoms with Gasteiger partial charge in [-0.3, -0.25) is 9.36 Å². The first-order valence-corrected chi connectivity index (χ1v) is 11.0. The first-order valence-electron chi connectivity index (χ1n) is 11.0. The van der Waals surface area contributed by atoms with Crippen LogP contribution >= 0.6 is 0 Å². The molecule has 0 saturated carbocycles. The average molecular weight is 453 g/mol. The first-order chi connectivity index (χ1) is 16.4. The number of Topliss-reactive ketones (excluding diaryl/α,β-unsaturated/α-hetero) is 1. The number of ketones is 1. The summed E-state index contributed by atoms with van der Waals surface area (Å²) in [6.07, 6.45) is 0. The summed E-state index contributed by atoms with van der Waals surface area (Å²) in [7, 11) is 1.59. The lowest BCUT2D eigenvalue weighted by atomic mass is 9.98. The lowest BCUT2D eigenvalue weighted by Gasteiger charge is -2.13. The monoisotopic (exact) mass is 452 g/mol. The third kappa shape index (κ3) is 3.55. The molecule has 0 radical (unpaired) electrons. The van der Waals surface area contributed by atoms with E-state index >= 15 is 0 Å². The Labute approximate surface area is 196 Å². The number of fused-ring (bicyclic) bond motifs is 3. The van der Waals surface area contributed by atoms with E-state index in [2.05, 4.69) is 10.1 Å². The van der Waals surface area contributed by atoms with Crippen molar-refractivity contribution in [1.82, 2.24) is 19.2 Å². The van der Waals surface area contributed by atoms with Crippen LogP contribution < -0.4 is 10.4 Å². The molecule has 0 aliphatic heterocycles. The molecule has 0 atom stereocenters. The van der Waals surface area contributed by atoms with Gasteiger partial charge in [-0.15, -0.1) is 5.10 Å². The van der Waals surface area contributed by atoms with Gasteiger partial charge in [0.2, 0.25) is 0 Å². The van der Waals surface area contributed by atoms with E-state index in [1.54, 1.807) is 7.11 Å². The Bertz CT molecular complexity index is 1650. The average Bonchev–Trinajstić information content (AvgIpc) is 3.30. The summed E-state index contributed by atoms with van der Waals surface area (Å²) >= 11 is 0. The molecule has 0 amide bonds. The predicted molar refractivity (Wildman–Crippen MR) is 132 cm³/mol. The van der Waals surface area contributed by atoms with Crippen LogP contribution in [0.25, 0.3) is 27.9 Å². The van der Waals surface area contributed by atoms with Gasteiger partial charge in [0.1, 0.15) is 5.75 Å². The Kier molecular flexibility index (Phi) is 5.24. The highest BCUT2D eigenvalue weighted by Crippen LogP contribution is 2.24. The molecule has 0 bridgehead atoms. The van der Waals surface area contributed by atoms with Crippen LogP contribution in [0.15, 0.2) is 65.5 Å². The Balaban J connectivity index is 1.68. The molecule has 7 nitrogen and oxygen atoms in total. The summed E-state index contributed by atoms with van der Waals surface area (Å²) in [6.45, 7) is 5.83. The number of para-hydroxylation sites is 1. The summed E-state index contributed by atoms with van der Waals surface area (Å²) in [5, 5.41) is 5.24. The van der Waals surface area contributed by atoms with Crippen molar-refractivity contribution in [3.05, 3.63) is 93.4 Å². The molecule has 5 aromatic rings. The molecular formula is C27H24N4O3. The zero-order valence-electron chi connectivity index (χ0n) is 19.5. The number of ether oxygens (including phenoxy) is 1. The highest BCUT2D eigenvalue weighted by atomic mass is 16.5. The van der Waals surface area contributed by atoms with E-state index in [1.807, 2.05) is 81.4 Å². The number of aromatic nitrogens is 4. The van der Waals surface area contributed by atoms with E-state index in [9.17, 15) is 9.59 Å². The van der Waals surface area contributed by atoms with Crippen LogP contribution in [0.5, 0.6) is 5.75 Å². The van der Waals surface area contributed by atoms with Gasteiger partial charge >= 0.3 is 5.69 Å². The van der Waals surface area contributed by atoms with E-state index in [4.69, 9.17) is 4.74 Å². The van der Waals surface area contributed by atoms with Crippen LogP contribution in [0, 0.1) is 20.8 Å². The van der Waals surface area contributed by atoms with Crippen molar-refractivity contribution in [2.24, 2.45) is 0 Å². The fourth-order valence-corrected chi connectivity index (χ4v) is 4.26. The number of nitrogens with zero attached hydrogens (tertiary/aromatic N) is 4. The molecule has 7 heteroatoms. The van der Waals surface area contributed by atoms with Gasteiger partial charge in [-0.05, 0) is 67.8 Å². The van der Waals surface area contributed by atoms with Gasteiger partial charge in [-0.2, -0.15) is 4.52 Å². The number of hydrogen-bond acceptors (Lipinski definition) is 5. The van der Waals surface area contributed by atoms with Crippen molar-refractivity contribution in [2.45, 2.75) is 27.3 Å². The molecule has 0 spiro atoms. The lowest BCUT2D eigenvalue weighted by Crippen LogP contribution is -2.30. The highest BCUT2D eigenvalue weighted by molar-refractivity contribution is 5.99. The standard InChI is InChI=1S/C27H24N4O3/c1-16-12-18(3)22(13-17(16)2)24(32)15-30-23-11-6-5-10-21(23)26-28-25(29-31(26)27(30)33)19-8-7-9-20(14-19)34-4/h5-14H,15H2,1-4H3. The SMILES string of the molecule is COc1cccc(-c2nc3c4ccccc4n(CC(=O)c4cc(C)c(C)cc4C)c(=O)n3n2)c1. The van der Waals surface area contributed by atoms with E-state index in [1.165, 1.54) is 9.08 Å². The molecule has 3 aromatic carbocycles. The van der Waals surface area contributed by atoms with Crippen molar-refractivity contribution < 1.29 is 9.53 Å². The molecule has 0 aliphatic rings. The highest BCUT2D eigenvalue weighted by Gasteiger charge is 2.19. The van der Waals surface area contributed by atoms with Crippen LogP contribution in [0.1, 0.15) is 27.0 Å². The van der Waals surface area contributed by atoms with E-state index < -0.39 is 5.69 Å². The molecule has 0 fully saturated rings. The zero-order valence-corrected chi connectivity index (χ0v) is 19.5. The molecule has 0 aliphatic carbocycles. The second kappa shape index (κ2) is 8.26. The number of aryl methyl sites for hydroxylation is 3. The van der Waals surface area contributed by atoms with Crippen molar-refractivity contribution in [2.75, 3.05) is 7.11 Å². The number of hydrogen-bond donors (Lipinski definition) is 0. The Morgan fingerprint density at radius 3 is 2.50 bits per heavy atom. The van der Waals surface area contributed by atoms with Crippen LogP contribution in [0.2, 0.25) is 0 Å². The van der Waals surface area contributed by atoms with E-state index in [0.717, 1.165) is 27.6 Å². The van der Waals surface area contributed by atoms with E-state index in [-0.39, 0.29) is 12.3 Å². The normalized spacial score (nSPS) is 11.3. The van der Waals surface area contributed by atoms with Gasteiger partial charge in [0, 0.05) is 16.5 Å². The van der Waals surface area contributed by atoms with Crippen molar-refractivity contribution in [3.8, 4) is 17.1 Å². The first kappa shape index (κ1) is 21.6. The lowest BCUT2D eigenvalue weighted by molar-refractivity contribution is 0.0971. The van der Waals surface area contributed by atoms with Crippen LogP contribution in [-0.2, 0) is 6.54 Å². The predicted octanol–water partition coefficient (Wildman–Crippen LogP) is 4.53. The summed E-state index contributed by atoms with van der Waals surface area (Å²) in [5.41, 5.74) is 5.10. The van der Waals surface area contributed by atoms with Crippen LogP contribution in [-0.4, -0.2) is 32.1 Å². The third-order valence-corrected chi connectivity index (χ3v) is 6.23. The molecule has 0 saturated heterocycles. The van der Waals surface area contributed by atoms with Gasteiger partial charge in [0.05, 0.1) is 19.2 Å². The van der Waals surface area contributed by atoms with Crippen LogP contribution in [0.3, 0.4) is 0 Å². The second-order valence-electron chi connectivity index (χ2n) is 8.46. The molecule has 34 heavy (non-hydrogen) atoms. The number of rotatable bonds is 5. The zero-order chi connectivity index (χ0) is 24.0. The van der Waals surface area contributed by atoms with Gasteiger partial charge in [0.25, 0.3) is 0 Å². The molecule has 0 N–H and O–H groups in total. The minimum absolute atomic E-state index is 0.0903. The van der Waals surface area contributed by atoms with Gasteiger partial charge in [0.15, 0.2) is 17.3 Å². The van der Waals surface area contributed by atoms with Crippen molar-refractivity contribution in [3.63, 3.8) is 0 Å². The number of methoxy groups -OCH3 is 1. The summed E-state index contributed by atoms with van der Waals surface area (Å²) in [5.74, 6) is 0.962. The summed E-state index contributed by atoms with van der Waals surface area (Å²) < 4.78 is 8.06. The topological polar surface area (TPSA) is 78.5 Å². The largest absolute Gasteiger partial charge is 0.497 e. The van der Waals surface area contributed by atoms with Crippen molar-refractivity contribution in [1.29, 1.82) is 0 Å². The molecule has 2 aromatic heterocycles. The van der Waals surface area contributed by atoms with E-state index in [0.29, 0.717) is 28.3 Å². The maximum atomic E-state index is 13.5. The molecule has 170 valence electrons. The Hall–Kier alpha value is -4.26. The van der Waals surface area contributed by atoms with Gasteiger partial charge < -0.3 is 4.74 Å². The number of carbonyl (C=O) groups excluding carboxylic acids is 1. The quantitative estimate of drug-likeness (QED) is 0.366. The maximum Gasteiger partial charge on any atom is 0.351 e. The minimum atomic E-state index is -0.412. The smallest absolute Gasteiger partial charge is 0.351 e. The Morgan fingerprint density at radius 1 is 0.941 bits per heavy atom. The fourth-order valence-electron chi connectivity index (χ4n) is 4.26. The molecule has 2 heterocycles. The molecular weight excluding hydrogens is 428 g/mol. The molecule has 5 rings (SSSR count).